The Morgan fingerprint density at radius 1 is 1.15 bits per heavy atom. The molecule has 9 heteroatoms. The third-order valence-corrected chi connectivity index (χ3v) is 5.38. The average molecular weight is 435 g/mol. The van der Waals surface area contributed by atoms with Crippen LogP contribution in [0.4, 0.5) is 5.69 Å². The standard InChI is InChI=1S/C17H15BrN4O3S/c1-21-15-14(16(24)22(2)17(21)25)12(7-8-19-15)26-9-13(23)20-11-5-3-10(18)4-6-11/h3-8H,9H2,1-2H3,(H,20,23). The largest absolute Gasteiger partial charge is 0.332 e. The van der Waals surface area contributed by atoms with E-state index in [4.69, 9.17) is 0 Å². The summed E-state index contributed by atoms with van der Waals surface area (Å²) in [4.78, 5) is 41.4. The fraction of sp³-hybridized carbons (Fsp3) is 0.176. The van der Waals surface area contributed by atoms with Crippen molar-refractivity contribution in [2.24, 2.45) is 14.1 Å². The van der Waals surface area contributed by atoms with Gasteiger partial charge in [-0.25, -0.2) is 9.78 Å². The molecule has 26 heavy (non-hydrogen) atoms. The van der Waals surface area contributed by atoms with Crippen molar-refractivity contribution in [3.8, 4) is 0 Å². The minimum absolute atomic E-state index is 0.126. The summed E-state index contributed by atoms with van der Waals surface area (Å²) in [6.07, 6.45) is 1.52. The summed E-state index contributed by atoms with van der Waals surface area (Å²) < 4.78 is 3.29. The van der Waals surface area contributed by atoms with E-state index in [9.17, 15) is 14.4 Å². The van der Waals surface area contributed by atoms with Gasteiger partial charge < -0.3 is 5.32 Å². The highest BCUT2D eigenvalue weighted by atomic mass is 79.9. The molecule has 134 valence electrons. The quantitative estimate of drug-likeness (QED) is 0.635. The molecule has 0 saturated heterocycles. The molecule has 2 heterocycles. The molecule has 2 aromatic heterocycles. The zero-order valence-corrected chi connectivity index (χ0v) is 16.4. The first kappa shape index (κ1) is 18.4. The van der Waals surface area contributed by atoms with Crippen LogP contribution in [0.25, 0.3) is 11.0 Å². The van der Waals surface area contributed by atoms with Crippen LogP contribution in [0.15, 0.2) is 55.5 Å². The number of fused-ring (bicyclic) bond motifs is 1. The van der Waals surface area contributed by atoms with Gasteiger partial charge in [-0.15, -0.1) is 11.8 Å². The molecule has 0 aliphatic rings. The van der Waals surface area contributed by atoms with Gasteiger partial charge in [0.1, 0.15) is 5.65 Å². The van der Waals surface area contributed by atoms with Crippen molar-refractivity contribution in [3.05, 3.63) is 61.8 Å². The highest BCUT2D eigenvalue weighted by Gasteiger charge is 2.14. The van der Waals surface area contributed by atoms with Crippen molar-refractivity contribution in [3.63, 3.8) is 0 Å². The molecule has 0 aliphatic carbocycles. The van der Waals surface area contributed by atoms with E-state index in [1.54, 1.807) is 25.2 Å². The maximum absolute atomic E-state index is 12.5. The lowest BCUT2D eigenvalue weighted by Crippen LogP contribution is -2.37. The monoisotopic (exact) mass is 434 g/mol. The number of nitrogens with zero attached hydrogens (tertiary/aromatic N) is 3. The minimum atomic E-state index is -0.440. The Morgan fingerprint density at radius 2 is 1.85 bits per heavy atom. The summed E-state index contributed by atoms with van der Waals surface area (Å²) in [5.41, 5.74) is 0.130. The van der Waals surface area contributed by atoms with Gasteiger partial charge >= 0.3 is 5.69 Å². The Kier molecular flexibility index (Phi) is 5.28. The van der Waals surface area contributed by atoms with Crippen LogP contribution in [0.5, 0.6) is 0 Å². The molecule has 0 bridgehead atoms. The number of benzene rings is 1. The average Bonchev–Trinajstić information content (AvgIpc) is 2.64. The van der Waals surface area contributed by atoms with Gasteiger partial charge in [0, 0.05) is 35.3 Å². The van der Waals surface area contributed by atoms with Crippen LogP contribution < -0.4 is 16.6 Å². The number of hydrogen-bond acceptors (Lipinski definition) is 5. The van der Waals surface area contributed by atoms with Crippen molar-refractivity contribution < 1.29 is 4.79 Å². The van der Waals surface area contributed by atoms with Crippen LogP contribution in [0.3, 0.4) is 0 Å². The van der Waals surface area contributed by atoms with Crippen LogP contribution in [0, 0.1) is 0 Å². The summed E-state index contributed by atoms with van der Waals surface area (Å²) in [6.45, 7) is 0. The third kappa shape index (κ3) is 3.58. The number of rotatable bonds is 4. The lowest BCUT2D eigenvalue weighted by molar-refractivity contribution is -0.113. The number of carbonyl (C=O) groups excluding carboxylic acids is 1. The fourth-order valence-corrected chi connectivity index (χ4v) is 3.56. The SMILES string of the molecule is Cn1c(=O)c2c(SCC(=O)Nc3ccc(Br)cc3)ccnc2n(C)c1=O. The third-order valence-electron chi connectivity index (χ3n) is 3.79. The van der Waals surface area contributed by atoms with Crippen molar-refractivity contribution in [2.45, 2.75) is 4.90 Å². The molecular formula is C17H15BrN4O3S. The Bertz CT molecular complexity index is 1110. The highest BCUT2D eigenvalue weighted by Crippen LogP contribution is 2.23. The Labute approximate surface area is 161 Å². The van der Waals surface area contributed by atoms with Crippen molar-refractivity contribution in [1.29, 1.82) is 0 Å². The smallest absolute Gasteiger partial charge is 0.325 e. The first-order valence-electron chi connectivity index (χ1n) is 7.61. The van der Waals surface area contributed by atoms with E-state index in [0.29, 0.717) is 21.6 Å². The maximum Gasteiger partial charge on any atom is 0.332 e. The van der Waals surface area contributed by atoms with Gasteiger partial charge in [0.15, 0.2) is 0 Å². The molecule has 0 fully saturated rings. The van der Waals surface area contributed by atoms with Crippen LogP contribution >= 0.6 is 27.7 Å². The van der Waals surface area contributed by atoms with Crippen molar-refractivity contribution >= 4 is 50.3 Å². The van der Waals surface area contributed by atoms with Gasteiger partial charge in [-0.1, -0.05) is 15.9 Å². The fourth-order valence-electron chi connectivity index (χ4n) is 2.45. The van der Waals surface area contributed by atoms with Crippen LogP contribution in [0.1, 0.15) is 0 Å². The predicted molar refractivity (Wildman–Crippen MR) is 106 cm³/mol. The molecule has 0 spiro atoms. The van der Waals surface area contributed by atoms with E-state index in [1.807, 2.05) is 12.1 Å². The number of nitrogens with one attached hydrogen (secondary N) is 1. The molecule has 1 aromatic carbocycles. The second kappa shape index (κ2) is 7.46. The number of anilines is 1. The Balaban J connectivity index is 1.85. The zero-order valence-electron chi connectivity index (χ0n) is 14.0. The number of pyridine rings is 1. The summed E-state index contributed by atoms with van der Waals surface area (Å²) in [5, 5.41) is 3.13. The summed E-state index contributed by atoms with van der Waals surface area (Å²) in [5.74, 6) is -0.0646. The van der Waals surface area contributed by atoms with Crippen molar-refractivity contribution in [1.82, 2.24) is 14.1 Å². The normalized spacial score (nSPS) is 10.9. The van der Waals surface area contributed by atoms with E-state index in [2.05, 4.69) is 26.2 Å². The van der Waals surface area contributed by atoms with E-state index in [-0.39, 0.29) is 11.7 Å². The van der Waals surface area contributed by atoms with Crippen LogP contribution in [-0.4, -0.2) is 25.8 Å². The second-order valence-corrected chi connectivity index (χ2v) is 7.49. The summed E-state index contributed by atoms with van der Waals surface area (Å²) in [7, 11) is 2.98. The molecule has 1 amide bonds. The molecule has 0 radical (unpaired) electrons. The predicted octanol–water partition coefficient (Wildman–Crippen LogP) is 2.13. The van der Waals surface area contributed by atoms with E-state index in [1.165, 1.54) is 29.6 Å². The van der Waals surface area contributed by atoms with E-state index < -0.39 is 11.2 Å². The topological polar surface area (TPSA) is 86.0 Å². The van der Waals surface area contributed by atoms with Gasteiger partial charge in [0.25, 0.3) is 5.56 Å². The number of carbonyl (C=O) groups is 1. The number of amides is 1. The molecule has 0 atom stereocenters. The molecular weight excluding hydrogens is 420 g/mol. The molecule has 0 aliphatic heterocycles. The molecule has 0 saturated carbocycles. The van der Waals surface area contributed by atoms with Gasteiger partial charge in [0.2, 0.25) is 5.91 Å². The number of thioether (sulfide) groups is 1. The lowest BCUT2D eigenvalue weighted by atomic mass is 10.3. The summed E-state index contributed by atoms with van der Waals surface area (Å²) in [6, 6.07) is 8.93. The molecule has 3 rings (SSSR count). The summed E-state index contributed by atoms with van der Waals surface area (Å²) >= 11 is 4.57. The number of aromatic nitrogens is 3. The number of hydrogen-bond donors (Lipinski definition) is 1. The van der Waals surface area contributed by atoms with Gasteiger partial charge in [-0.3, -0.25) is 18.7 Å². The maximum atomic E-state index is 12.5. The van der Waals surface area contributed by atoms with Gasteiger partial charge in [0.05, 0.1) is 11.1 Å². The van der Waals surface area contributed by atoms with Crippen LogP contribution in [-0.2, 0) is 18.9 Å². The Hall–Kier alpha value is -2.39. The number of aryl methyl sites for hydroxylation is 1. The van der Waals surface area contributed by atoms with E-state index in [0.717, 1.165) is 9.04 Å². The minimum Gasteiger partial charge on any atom is -0.325 e. The second-order valence-electron chi connectivity index (χ2n) is 5.56. The van der Waals surface area contributed by atoms with Crippen LogP contribution in [0.2, 0.25) is 0 Å². The molecule has 1 N–H and O–H groups in total. The van der Waals surface area contributed by atoms with E-state index >= 15 is 0 Å². The first-order valence-corrected chi connectivity index (χ1v) is 9.39. The Morgan fingerprint density at radius 3 is 2.54 bits per heavy atom. The zero-order chi connectivity index (χ0) is 18.8. The molecule has 0 unspecified atom stereocenters. The van der Waals surface area contributed by atoms with Gasteiger partial charge in [-0.2, -0.15) is 0 Å². The highest BCUT2D eigenvalue weighted by molar-refractivity contribution is 9.10. The van der Waals surface area contributed by atoms with Crippen molar-refractivity contribution in [2.75, 3.05) is 11.1 Å². The van der Waals surface area contributed by atoms with Gasteiger partial charge in [-0.05, 0) is 30.3 Å². The first-order chi connectivity index (χ1) is 12.4. The molecule has 3 aromatic rings. The lowest BCUT2D eigenvalue weighted by Gasteiger charge is -2.10. The number of halogens is 1. The molecule has 7 nitrogen and oxygen atoms in total.